The lowest BCUT2D eigenvalue weighted by Gasteiger charge is -2.12. The number of carbonyl (C=O) groups excluding carboxylic acids is 1. The van der Waals surface area contributed by atoms with Gasteiger partial charge in [0.2, 0.25) is 0 Å². The maximum absolute atomic E-state index is 12.5. The molecule has 0 saturated heterocycles. The summed E-state index contributed by atoms with van der Waals surface area (Å²) in [5, 5.41) is -0.202. The predicted octanol–water partition coefficient (Wildman–Crippen LogP) is 4.03. The number of halogens is 1. The second-order valence-corrected chi connectivity index (χ2v) is 6.75. The van der Waals surface area contributed by atoms with Crippen LogP contribution >= 0.6 is 11.6 Å². The highest BCUT2D eigenvalue weighted by Crippen LogP contribution is 2.23. The molecule has 2 nitrogen and oxygen atoms in total. The maximum atomic E-state index is 12.5. The highest BCUT2D eigenvalue weighted by atomic mass is 35.5. The Bertz CT molecular complexity index is 650. The molecule has 4 heteroatoms. The molecule has 0 aromatic heterocycles. The van der Waals surface area contributed by atoms with Crippen molar-refractivity contribution in [3.05, 3.63) is 64.7 Å². The van der Waals surface area contributed by atoms with Crippen molar-refractivity contribution >= 4 is 28.2 Å². The number of hydrogen-bond donors (Lipinski definition) is 0. The van der Waals surface area contributed by atoms with Crippen molar-refractivity contribution in [1.29, 1.82) is 0 Å². The molecule has 2 aromatic carbocycles. The van der Waals surface area contributed by atoms with Crippen molar-refractivity contribution in [1.82, 2.24) is 0 Å². The molecule has 0 saturated carbocycles. The van der Waals surface area contributed by atoms with Gasteiger partial charge in [0.1, 0.15) is 0 Å². The molecule has 104 valence electrons. The van der Waals surface area contributed by atoms with E-state index in [1.807, 2.05) is 19.1 Å². The van der Waals surface area contributed by atoms with Gasteiger partial charge >= 0.3 is 0 Å². The van der Waals surface area contributed by atoms with Crippen LogP contribution in [0.1, 0.15) is 22.8 Å². The molecule has 2 aromatic rings. The highest BCUT2D eigenvalue weighted by molar-refractivity contribution is 7.86. The Kier molecular flexibility index (Phi) is 4.73. The van der Waals surface area contributed by atoms with Crippen LogP contribution in [-0.2, 0) is 10.8 Å². The van der Waals surface area contributed by atoms with E-state index in [9.17, 15) is 9.00 Å². The Morgan fingerprint density at radius 1 is 1.10 bits per heavy atom. The Morgan fingerprint density at radius 3 is 2.30 bits per heavy atom. The minimum absolute atomic E-state index is 0.136. The van der Waals surface area contributed by atoms with Gasteiger partial charge in [-0.1, -0.05) is 53.6 Å². The van der Waals surface area contributed by atoms with Gasteiger partial charge < -0.3 is 0 Å². The van der Waals surface area contributed by atoms with E-state index in [0.717, 1.165) is 5.56 Å². The number of aryl methyl sites for hydroxylation is 1. The molecule has 0 radical (unpaired) electrons. The molecule has 20 heavy (non-hydrogen) atoms. The molecule has 2 atom stereocenters. The van der Waals surface area contributed by atoms with E-state index in [2.05, 4.69) is 0 Å². The topological polar surface area (TPSA) is 34.1 Å². The number of benzene rings is 2. The van der Waals surface area contributed by atoms with E-state index in [4.69, 9.17) is 11.6 Å². The molecule has 0 spiro atoms. The lowest BCUT2D eigenvalue weighted by Crippen LogP contribution is -2.23. The summed E-state index contributed by atoms with van der Waals surface area (Å²) in [6.45, 7) is 3.63. The summed E-state index contributed by atoms with van der Waals surface area (Å²) in [6.07, 6.45) is 0. The van der Waals surface area contributed by atoms with Gasteiger partial charge in [-0.3, -0.25) is 9.00 Å². The molecule has 0 aliphatic carbocycles. The summed E-state index contributed by atoms with van der Waals surface area (Å²) in [6, 6.07) is 14.2. The molecule has 0 fully saturated rings. The third-order valence-corrected chi connectivity index (χ3v) is 5.17. The smallest absolute Gasteiger partial charge is 0.178 e. The largest absolute Gasteiger partial charge is 0.293 e. The van der Waals surface area contributed by atoms with Crippen LogP contribution < -0.4 is 0 Å². The van der Waals surface area contributed by atoms with Crippen LogP contribution in [0.25, 0.3) is 0 Å². The molecule has 0 N–H and O–H groups in total. The van der Waals surface area contributed by atoms with Gasteiger partial charge in [0.05, 0.1) is 26.0 Å². The molecular weight excluding hydrogens is 292 g/mol. The van der Waals surface area contributed by atoms with E-state index >= 15 is 0 Å². The Labute approximate surface area is 126 Å². The van der Waals surface area contributed by atoms with E-state index in [0.29, 0.717) is 15.5 Å². The Hall–Kier alpha value is -1.45. The fourth-order valence-electron chi connectivity index (χ4n) is 1.85. The first-order valence-electron chi connectivity index (χ1n) is 6.26. The van der Waals surface area contributed by atoms with Gasteiger partial charge in [0.15, 0.2) is 5.78 Å². The average molecular weight is 307 g/mol. The Morgan fingerprint density at radius 2 is 1.70 bits per heavy atom. The summed E-state index contributed by atoms with van der Waals surface area (Å²) >= 11 is 6.03. The van der Waals surface area contributed by atoms with Crippen LogP contribution in [-0.4, -0.2) is 15.2 Å². The van der Waals surface area contributed by atoms with Crippen molar-refractivity contribution in [3.8, 4) is 0 Å². The SMILES string of the molecule is Cc1ccc(C(=O)C(C)S(=O)c2ccccc2Cl)cc1. The zero-order chi connectivity index (χ0) is 14.7. The van der Waals surface area contributed by atoms with Gasteiger partial charge in [-0.25, -0.2) is 0 Å². The maximum Gasteiger partial charge on any atom is 0.178 e. The van der Waals surface area contributed by atoms with Crippen molar-refractivity contribution in [2.45, 2.75) is 24.0 Å². The number of carbonyl (C=O) groups is 1. The van der Waals surface area contributed by atoms with Crippen molar-refractivity contribution in [2.24, 2.45) is 0 Å². The zero-order valence-electron chi connectivity index (χ0n) is 11.3. The first-order valence-corrected chi connectivity index (χ1v) is 7.86. The fourth-order valence-corrected chi connectivity index (χ4v) is 3.40. The minimum Gasteiger partial charge on any atom is -0.293 e. The summed E-state index contributed by atoms with van der Waals surface area (Å²) in [7, 11) is -1.46. The summed E-state index contributed by atoms with van der Waals surface area (Å²) in [4.78, 5) is 12.8. The van der Waals surface area contributed by atoms with Gasteiger partial charge in [0.25, 0.3) is 0 Å². The second-order valence-electron chi connectivity index (χ2n) is 4.60. The van der Waals surface area contributed by atoms with Crippen molar-refractivity contribution < 1.29 is 9.00 Å². The molecule has 2 rings (SSSR count). The van der Waals surface area contributed by atoms with Gasteiger partial charge in [0, 0.05) is 5.56 Å². The first kappa shape index (κ1) is 14.9. The Balaban J connectivity index is 2.25. The zero-order valence-corrected chi connectivity index (χ0v) is 12.9. The number of hydrogen-bond acceptors (Lipinski definition) is 2. The summed E-state index contributed by atoms with van der Waals surface area (Å²) < 4.78 is 12.5. The van der Waals surface area contributed by atoms with Crippen LogP contribution in [0.15, 0.2) is 53.4 Å². The molecule has 0 heterocycles. The monoisotopic (exact) mass is 306 g/mol. The predicted molar refractivity (Wildman–Crippen MR) is 82.8 cm³/mol. The second kappa shape index (κ2) is 6.33. The third kappa shape index (κ3) is 3.17. The first-order chi connectivity index (χ1) is 9.50. The molecule has 0 aliphatic rings. The van der Waals surface area contributed by atoms with Gasteiger partial charge in [-0.15, -0.1) is 0 Å². The molecule has 0 amide bonds. The fraction of sp³-hybridized carbons (Fsp3) is 0.188. The van der Waals surface area contributed by atoms with Crippen LogP contribution in [0, 0.1) is 6.92 Å². The molecule has 2 unspecified atom stereocenters. The van der Waals surface area contributed by atoms with E-state index < -0.39 is 16.0 Å². The number of ketones is 1. The van der Waals surface area contributed by atoms with Gasteiger partial charge in [-0.05, 0) is 26.0 Å². The summed E-state index contributed by atoms with van der Waals surface area (Å²) in [5.74, 6) is -0.136. The normalized spacial score (nSPS) is 13.8. The number of Topliss-reactive ketones (excluding diaryl/α,β-unsaturated/α-hetero) is 1. The highest BCUT2D eigenvalue weighted by Gasteiger charge is 2.23. The molecule has 0 aliphatic heterocycles. The van der Waals surface area contributed by atoms with E-state index in [1.54, 1.807) is 43.3 Å². The lowest BCUT2D eigenvalue weighted by atomic mass is 10.1. The van der Waals surface area contributed by atoms with E-state index in [-0.39, 0.29) is 5.78 Å². The van der Waals surface area contributed by atoms with Crippen LogP contribution in [0.3, 0.4) is 0 Å². The number of rotatable bonds is 4. The molecular formula is C16H15ClO2S. The molecule has 0 bridgehead atoms. The van der Waals surface area contributed by atoms with E-state index in [1.165, 1.54) is 0 Å². The lowest BCUT2D eigenvalue weighted by molar-refractivity contribution is 0.0992. The van der Waals surface area contributed by atoms with Crippen LogP contribution in [0.5, 0.6) is 0 Å². The van der Waals surface area contributed by atoms with Crippen molar-refractivity contribution in [2.75, 3.05) is 0 Å². The standard InChI is InChI=1S/C16H15ClO2S/c1-11-7-9-13(10-8-11)16(18)12(2)20(19)15-6-4-3-5-14(15)17/h3-10,12H,1-2H3. The van der Waals surface area contributed by atoms with Crippen LogP contribution in [0.2, 0.25) is 5.02 Å². The van der Waals surface area contributed by atoms with Crippen LogP contribution in [0.4, 0.5) is 0 Å². The third-order valence-electron chi connectivity index (χ3n) is 3.08. The average Bonchev–Trinajstić information content (AvgIpc) is 2.46. The quantitative estimate of drug-likeness (QED) is 0.799. The minimum atomic E-state index is -1.46. The summed E-state index contributed by atoms with van der Waals surface area (Å²) in [5.41, 5.74) is 1.66. The van der Waals surface area contributed by atoms with Crippen molar-refractivity contribution in [3.63, 3.8) is 0 Å². The van der Waals surface area contributed by atoms with Gasteiger partial charge in [-0.2, -0.15) is 0 Å².